The second-order valence-corrected chi connectivity index (χ2v) is 12.6. The van der Waals surface area contributed by atoms with Crippen molar-refractivity contribution in [1.29, 1.82) is 0 Å². The minimum atomic E-state index is -1.93. The third kappa shape index (κ3) is 5.87. The van der Waals surface area contributed by atoms with Gasteiger partial charge in [0.1, 0.15) is 16.8 Å². The Morgan fingerprint density at radius 1 is 1.29 bits per heavy atom. The first-order valence-electron chi connectivity index (χ1n) is 13.1. The summed E-state index contributed by atoms with van der Waals surface area (Å²) in [5, 5.41) is 21.8. The number of hydrogen-bond donors (Lipinski definition) is 2. The van der Waals surface area contributed by atoms with Gasteiger partial charge in [0.2, 0.25) is 5.13 Å². The lowest BCUT2D eigenvalue weighted by atomic mass is 9.89. The number of thiazole rings is 1. The minimum absolute atomic E-state index is 0.0424. The van der Waals surface area contributed by atoms with Gasteiger partial charge < -0.3 is 9.84 Å². The molecule has 41 heavy (non-hydrogen) atoms. The van der Waals surface area contributed by atoms with Gasteiger partial charge in [0.25, 0.3) is 0 Å². The molecule has 1 saturated heterocycles. The molecule has 2 fully saturated rings. The van der Waals surface area contributed by atoms with Crippen LogP contribution in [0.2, 0.25) is 0 Å². The van der Waals surface area contributed by atoms with E-state index in [2.05, 4.69) is 23.7 Å². The van der Waals surface area contributed by atoms with Crippen molar-refractivity contribution < 1.29 is 23.2 Å². The van der Waals surface area contributed by atoms with Crippen molar-refractivity contribution >= 4 is 28.3 Å². The molecule has 4 aromatic rings. The summed E-state index contributed by atoms with van der Waals surface area (Å²) in [4.78, 5) is 15.9. The highest BCUT2D eigenvalue weighted by Crippen LogP contribution is 2.38. The number of carbonyl (C=O) groups is 1. The number of aromatic nitrogens is 3. The highest BCUT2D eigenvalue weighted by molar-refractivity contribution is 7.82. The lowest BCUT2D eigenvalue weighted by molar-refractivity contribution is -0.0648. The zero-order valence-electron chi connectivity index (χ0n) is 22.2. The Labute approximate surface area is 243 Å². The van der Waals surface area contributed by atoms with Crippen LogP contribution in [0.5, 0.6) is 0 Å². The second-order valence-electron chi connectivity index (χ2n) is 10.8. The maximum Gasteiger partial charge on any atom is 0.355 e. The van der Waals surface area contributed by atoms with Crippen molar-refractivity contribution in [3.8, 4) is 28.2 Å². The zero-order chi connectivity index (χ0) is 28.7. The fraction of sp³-hybridized carbons (Fsp3) is 0.300. The lowest BCUT2D eigenvalue weighted by Gasteiger charge is -2.32. The SMILES string of the molecule is CC1(C#Cc2cccc(-c3nn(-c4nc(C(=O)O)cs4)c(CC4CC4)c3Cc3ccc(S(N)=O)c(F)c3)c2)COC1. The van der Waals surface area contributed by atoms with Gasteiger partial charge in [-0.1, -0.05) is 30.0 Å². The fourth-order valence-corrected chi connectivity index (χ4v) is 6.02. The van der Waals surface area contributed by atoms with Crippen LogP contribution in [0.4, 0.5) is 4.39 Å². The molecule has 6 rings (SSSR count). The molecule has 3 N–H and O–H groups in total. The van der Waals surface area contributed by atoms with Crippen LogP contribution in [0.3, 0.4) is 0 Å². The van der Waals surface area contributed by atoms with Gasteiger partial charge in [-0.05, 0) is 61.9 Å². The molecule has 2 aromatic heterocycles. The van der Waals surface area contributed by atoms with Crippen molar-refractivity contribution in [2.75, 3.05) is 13.2 Å². The highest BCUT2D eigenvalue weighted by Gasteiger charge is 2.31. The first kappa shape index (κ1) is 27.5. The zero-order valence-corrected chi connectivity index (χ0v) is 23.9. The van der Waals surface area contributed by atoms with E-state index >= 15 is 0 Å². The number of carboxylic acid groups (broad SMARTS) is 1. The molecule has 0 bridgehead atoms. The van der Waals surface area contributed by atoms with Crippen LogP contribution in [0.1, 0.15) is 52.6 Å². The normalized spacial score (nSPS) is 16.5. The summed E-state index contributed by atoms with van der Waals surface area (Å²) < 4.78 is 33.6. The third-order valence-corrected chi connectivity index (χ3v) is 8.82. The second kappa shape index (κ2) is 10.9. The van der Waals surface area contributed by atoms with Gasteiger partial charge in [0.05, 0.1) is 34.9 Å². The Bertz CT molecular complexity index is 1740. The Kier molecular flexibility index (Phi) is 7.34. The monoisotopic (exact) mass is 590 g/mol. The molecule has 210 valence electrons. The molecular weight excluding hydrogens is 563 g/mol. The molecule has 1 aliphatic heterocycles. The topological polar surface area (TPSA) is 120 Å². The summed E-state index contributed by atoms with van der Waals surface area (Å²) in [5.74, 6) is 5.34. The quantitative estimate of drug-likeness (QED) is 0.286. The number of ether oxygens (including phenoxy) is 1. The number of nitrogens with two attached hydrogens (primary N) is 1. The molecular formula is C30H27FN4O4S2. The molecule has 3 heterocycles. The number of hydrogen-bond acceptors (Lipinski definition) is 6. The molecule has 1 atom stereocenters. The fourth-order valence-electron chi connectivity index (χ4n) is 4.80. The van der Waals surface area contributed by atoms with E-state index in [0.29, 0.717) is 41.9 Å². The highest BCUT2D eigenvalue weighted by atomic mass is 32.2. The molecule has 2 aromatic carbocycles. The van der Waals surface area contributed by atoms with E-state index in [9.17, 15) is 18.5 Å². The standard InChI is InChI=1S/C30H27FN4O4S2/c1-30(16-39-17-30)10-9-18-3-2-4-21(11-18)27-22(12-20-7-8-26(41(32)38)23(31)13-20)25(14-19-5-6-19)35(34-27)29-33-24(15-40-29)28(36)37/h2-4,7-8,11,13,15,19H,5-6,12,14,16-17,32H2,1H3,(H,36,37). The molecule has 1 aliphatic carbocycles. The summed E-state index contributed by atoms with van der Waals surface area (Å²) in [6.45, 7) is 3.29. The molecule has 2 aliphatic rings. The van der Waals surface area contributed by atoms with Gasteiger partial charge in [-0.25, -0.2) is 28.2 Å². The van der Waals surface area contributed by atoms with Gasteiger partial charge in [-0.2, -0.15) is 5.10 Å². The number of rotatable bonds is 8. The molecule has 0 radical (unpaired) electrons. The lowest BCUT2D eigenvalue weighted by Crippen LogP contribution is -2.38. The van der Waals surface area contributed by atoms with Gasteiger partial charge in [0, 0.05) is 28.5 Å². The van der Waals surface area contributed by atoms with E-state index < -0.39 is 22.8 Å². The number of nitrogens with zero attached hydrogens (tertiary/aromatic N) is 3. The van der Waals surface area contributed by atoms with Gasteiger partial charge >= 0.3 is 5.97 Å². The smallest absolute Gasteiger partial charge is 0.355 e. The van der Waals surface area contributed by atoms with E-state index in [1.807, 2.05) is 24.3 Å². The first-order chi connectivity index (χ1) is 19.7. The minimum Gasteiger partial charge on any atom is -0.476 e. The van der Waals surface area contributed by atoms with E-state index in [-0.39, 0.29) is 16.0 Å². The number of aromatic carboxylic acids is 1. The number of benzene rings is 2. The number of halogens is 1. The van der Waals surface area contributed by atoms with Crippen molar-refractivity contribution in [1.82, 2.24) is 14.8 Å². The Balaban J connectivity index is 1.48. The van der Waals surface area contributed by atoms with Crippen molar-refractivity contribution in [2.45, 2.75) is 37.5 Å². The molecule has 1 unspecified atom stereocenters. The predicted molar refractivity (Wildman–Crippen MR) is 154 cm³/mol. The van der Waals surface area contributed by atoms with Crippen LogP contribution in [-0.2, 0) is 28.6 Å². The molecule has 0 spiro atoms. The van der Waals surface area contributed by atoms with Gasteiger partial charge in [-0.15, -0.1) is 11.3 Å². The summed E-state index contributed by atoms with van der Waals surface area (Å²) in [6, 6.07) is 12.4. The van der Waals surface area contributed by atoms with E-state index in [1.54, 1.807) is 10.7 Å². The Hall–Kier alpha value is -3.69. The predicted octanol–water partition coefficient (Wildman–Crippen LogP) is 4.75. The van der Waals surface area contributed by atoms with Crippen molar-refractivity contribution in [2.24, 2.45) is 16.5 Å². The first-order valence-corrected chi connectivity index (χ1v) is 15.2. The number of carboxylic acids is 1. The summed E-state index contributed by atoms with van der Waals surface area (Å²) >= 11 is 1.21. The van der Waals surface area contributed by atoms with Crippen LogP contribution < -0.4 is 5.14 Å². The van der Waals surface area contributed by atoms with Crippen LogP contribution in [0, 0.1) is 29.0 Å². The van der Waals surface area contributed by atoms with Gasteiger partial charge in [0.15, 0.2) is 5.69 Å². The van der Waals surface area contributed by atoms with Gasteiger partial charge in [-0.3, -0.25) is 0 Å². The van der Waals surface area contributed by atoms with Crippen LogP contribution in [0.25, 0.3) is 16.4 Å². The van der Waals surface area contributed by atoms with Crippen LogP contribution in [-0.4, -0.2) is 43.3 Å². The summed E-state index contributed by atoms with van der Waals surface area (Å²) in [7, 11) is -1.93. The molecule has 11 heteroatoms. The Morgan fingerprint density at radius 2 is 2.10 bits per heavy atom. The van der Waals surface area contributed by atoms with E-state index in [0.717, 1.165) is 41.6 Å². The molecule has 0 amide bonds. The average Bonchev–Trinajstić information content (AvgIpc) is 3.48. The maximum atomic E-state index is 14.8. The van der Waals surface area contributed by atoms with Crippen LogP contribution in [0.15, 0.2) is 52.7 Å². The van der Waals surface area contributed by atoms with E-state index in [1.165, 1.54) is 28.8 Å². The summed E-state index contributed by atoms with van der Waals surface area (Å²) in [5.41, 5.74) is 4.66. The molecule has 1 saturated carbocycles. The van der Waals surface area contributed by atoms with E-state index in [4.69, 9.17) is 15.0 Å². The molecule has 8 nitrogen and oxygen atoms in total. The largest absolute Gasteiger partial charge is 0.476 e. The summed E-state index contributed by atoms with van der Waals surface area (Å²) in [6.07, 6.45) is 3.28. The van der Waals surface area contributed by atoms with Crippen molar-refractivity contribution in [3.63, 3.8) is 0 Å². The maximum absolute atomic E-state index is 14.8. The van der Waals surface area contributed by atoms with Crippen LogP contribution >= 0.6 is 11.3 Å². The average molecular weight is 591 g/mol. The Morgan fingerprint density at radius 3 is 2.73 bits per heavy atom. The third-order valence-electron chi connectivity index (χ3n) is 7.24. The van der Waals surface area contributed by atoms with Crippen molar-refractivity contribution in [3.05, 3.63) is 81.7 Å².